The van der Waals surface area contributed by atoms with Gasteiger partial charge in [-0.05, 0) is 13.3 Å². The van der Waals surface area contributed by atoms with Gasteiger partial charge in [0.15, 0.2) is 5.13 Å². The van der Waals surface area contributed by atoms with Crippen LogP contribution in [0.2, 0.25) is 0 Å². The van der Waals surface area contributed by atoms with E-state index < -0.39 is 6.09 Å². The van der Waals surface area contributed by atoms with Gasteiger partial charge in [0.05, 0.1) is 13.2 Å². The molecule has 8 nitrogen and oxygen atoms in total. The average molecular weight is 313 g/mol. The van der Waals surface area contributed by atoms with Crippen molar-refractivity contribution < 1.29 is 14.3 Å². The number of aromatic nitrogens is 1. The number of nitrogens with one attached hydrogen (secondary N) is 2. The Balaban J connectivity index is 1.99. The van der Waals surface area contributed by atoms with Gasteiger partial charge in [-0.2, -0.15) is 0 Å². The number of carbonyl (C=O) groups excluding carboxylic acids is 2. The van der Waals surface area contributed by atoms with Crippen molar-refractivity contribution in [3.8, 4) is 0 Å². The molecule has 4 N–H and O–H groups in total. The minimum absolute atomic E-state index is 0.0937. The molecule has 9 heteroatoms. The van der Waals surface area contributed by atoms with Crippen LogP contribution in [0.3, 0.4) is 0 Å². The summed E-state index contributed by atoms with van der Waals surface area (Å²) in [6.07, 6.45) is 0.209. The summed E-state index contributed by atoms with van der Waals surface area (Å²) in [6.45, 7) is 3.68. The first-order valence-corrected chi connectivity index (χ1v) is 7.50. The van der Waals surface area contributed by atoms with Gasteiger partial charge >= 0.3 is 6.09 Å². The number of nitrogen functional groups attached to an aromatic ring is 1. The van der Waals surface area contributed by atoms with Crippen LogP contribution in [0, 0.1) is 0 Å². The molecule has 0 bridgehead atoms. The quantitative estimate of drug-likeness (QED) is 0.756. The second-order valence-electron chi connectivity index (χ2n) is 4.64. The number of likely N-dealkylation sites (tertiary alicyclic amines) is 1. The molecule has 0 spiro atoms. The number of hydrogen-bond donors (Lipinski definition) is 3. The van der Waals surface area contributed by atoms with Crippen LogP contribution in [0.25, 0.3) is 0 Å². The summed E-state index contributed by atoms with van der Waals surface area (Å²) < 4.78 is 4.55. The third-order valence-electron chi connectivity index (χ3n) is 3.16. The number of ether oxygens (including phenoxy) is 1. The number of methoxy groups -OCH3 is 1. The molecule has 21 heavy (non-hydrogen) atoms. The minimum Gasteiger partial charge on any atom is -0.453 e. The zero-order valence-electron chi connectivity index (χ0n) is 12.0. The Morgan fingerprint density at radius 2 is 2.33 bits per heavy atom. The molecular weight excluding hydrogens is 294 g/mol. The van der Waals surface area contributed by atoms with Crippen molar-refractivity contribution >= 4 is 34.3 Å². The first-order chi connectivity index (χ1) is 10.0. The highest BCUT2D eigenvalue weighted by atomic mass is 32.1. The Kier molecular flexibility index (Phi) is 4.84. The Labute approximate surface area is 126 Å². The summed E-state index contributed by atoms with van der Waals surface area (Å²) in [4.78, 5) is 29.8. The Morgan fingerprint density at radius 1 is 1.57 bits per heavy atom. The van der Waals surface area contributed by atoms with Crippen LogP contribution in [0.4, 0.5) is 15.7 Å². The zero-order chi connectivity index (χ0) is 15.4. The van der Waals surface area contributed by atoms with Gasteiger partial charge in [-0.3, -0.25) is 4.79 Å². The van der Waals surface area contributed by atoms with E-state index in [0.717, 1.165) is 6.54 Å². The van der Waals surface area contributed by atoms with Crippen molar-refractivity contribution in [2.24, 2.45) is 0 Å². The molecule has 1 fully saturated rings. The van der Waals surface area contributed by atoms with E-state index in [1.165, 1.54) is 18.4 Å². The Morgan fingerprint density at radius 3 is 3.00 bits per heavy atom. The standard InChI is InChI=1S/C12H19N5O3S/c1-3-14-11-16-9(13)8(21-11)10(18)17-5-4-7(6-17)15-12(19)20-2/h7H,3-6,13H2,1-2H3,(H,14,16)(H,15,19). The van der Waals surface area contributed by atoms with E-state index >= 15 is 0 Å². The number of thiazole rings is 1. The number of nitrogens with two attached hydrogens (primary N) is 1. The number of rotatable bonds is 4. The van der Waals surface area contributed by atoms with Crippen LogP contribution in [-0.2, 0) is 4.74 Å². The van der Waals surface area contributed by atoms with Crippen LogP contribution in [0.5, 0.6) is 0 Å². The topological polar surface area (TPSA) is 110 Å². The molecule has 1 atom stereocenters. The van der Waals surface area contributed by atoms with Crippen LogP contribution in [0.15, 0.2) is 0 Å². The maximum Gasteiger partial charge on any atom is 0.407 e. The number of hydrogen-bond acceptors (Lipinski definition) is 7. The highest BCUT2D eigenvalue weighted by Gasteiger charge is 2.30. The van der Waals surface area contributed by atoms with Gasteiger partial charge in [-0.15, -0.1) is 0 Å². The first-order valence-electron chi connectivity index (χ1n) is 6.69. The molecule has 0 aromatic carbocycles. The molecule has 0 saturated carbocycles. The van der Waals surface area contributed by atoms with Crippen LogP contribution in [-0.4, -0.2) is 54.7 Å². The van der Waals surface area contributed by atoms with Gasteiger partial charge in [0.25, 0.3) is 5.91 Å². The summed E-state index contributed by atoms with van der Waals surface area (Å²) in [5, 5.41) is 6.37. The van der Waals surface area contributed by atoms with E-state index in [4.69, 9.17) is 5.73 Å². The lowest BCUT2D eigenvalue weighted by Crippen LogP contribution is -2.38. The molecule has 1 aromatic rings. The van der Waals surface area contributed by atoms with Crippen LogP contribution >= 0.6 is 11.3 Å². The number of alkyl carbamates (subject to hydrolysis) is 1. The predicted octanol–water partition coefficient (Wildman–Crippen LogP) is 0.728. The number of amides is 2. The average Bonchev–Trinajstić information content (AvgIpc) is 3.05. The second kappa shape index (κ2) is 6.61. The highest BCUT2D eigenvalue weighted by Crippen LogP contribution is 2.27. The number of anilines is 2. The fourth-order valence-electron chi connectivity index (χ4n) is 2.14. The van der Waals surface area contributed by atoms with Crippen molar-refractivity contribution in [1.82, 2.24) is 15.2 Å². The van der Waals surface area contributed by atoms with Gasteiger partial charge in [0, 0.05) is 19.6 Å². The maximum atomic E-state index is 12.4. The van der Waals surface area contributed by atoms with E-state index in [1.54, 1.807) is 4.90 Å². The second-order valence-corrected chi connectivity index (χ2v) is 5.64. The lowest BCUT2D eigenvalue weighted by atomic mass is 10.3. The lowest BCUT2D eigenvalue weighted by Gasteiger charge is -2.16. The predicted molar refractivity (Wildman–Crippen MR) is 80.5 cm³/mol. The van der Waals surface area contributed by atoms with Crippen molar-refractivity contribution in [2.75, 3.05) is 37.8 Å². The number of nitrogens with zero attached hydrogens (tertiary/aromatic N) is 2. The molecule has 1 unspecified atom stereocenters. The lowest BCUT2D eigenvalue weighted by molar-refractivity contribution is 0.0793. The van der Waals surface area contributed by atoms with Gasteiger partial charge in [-0.1, -0.05) is 11.3 Å². The molecule has 2 amide bonds. The summed E-state index contributed by atoms with van der Waals surface area (Å²) in [6, 6.07) is -0.0937. The molecular formula is C12H19N5O3S. The Hall–Kier alpha value is -2.03. The van der Waals surface area contributed by atoms with E-state index in [-0.39, 0.29) is 17.8 Å². The fourth-order valence-corrected chi connectivity index (χ4v) is 3.06. The molecule has 1 aliphatic rings. The molecule has 1 aromatic heterocycles. The first kappa shape index (κ1) is 15.4. The minimum atomic E-state index is -0.485. The van der Waals surface area contributed by atoms with Gasteiger partial charge in [0.1, 0.15) is 10.7 Å². The molecule has 2 heterocycles. The smallest absolute Gasteiger partial charge is 0.407 e. The molecule has 0 radical (unpaired) electrons. The largest absolute Gasteiger partial charge is 0.453 e. The van der Waals surface area contributed by atoms with Crippen molar-refractivity contribution in [2.45, 2.75) is 19.4 Å². The molecule has 2 rings (SSSR count). The fraction of sp³-hybridized carbons (Fsp3) is 0.583. The van der Waals surface area contributed by atoms with Gasteiger partial charge < -0.3 is 26.0 Å². The highest BCUT2D eigenvalue weighted by molar-refractivity contribution is 7.18. The van der Waals surface area contributed by atoms with Crippen LogP contribution < -0.4 is 16.4 Å². The monoisotopic (exact) mass is 313 g/mol. The van der Waals surface area contributed by atoms with Gasteiger partial charge in [-0.25, -0.2) is 9.78 Å². The van der Waals surface area contributed by atoms with E-state index in [1.807, 2.05) is 6.92 Å². The van der Waals surface area contributed by atoms with E-state index in [0.29, 0.717) is 29.5 Å². The third kappa shape index (κ3) is 3.54. The van der Waals surface area contributed by atoms with Crippen molar-refractivity contribution in [1.29, 1.82) is 0 Å². The third-order valence-corrected chi connectivity index (χ3v) is 4.18. The summed E-state index contributed by atoms with van der Waals surface area (Å²) in [7, 11) is 1.31. The normalized spacial score (nSPS) is 17.6. The number of carbonyl (C=O) groups is 2. The summed E-state index contributed by atoms with van der Waals surface area (Å²) in [5.74, 6) is 0.0913. The molecule has 0 aliphatic carbocycles. The van der Waals surface area contributed by atoms with E-state index in [2.05, 4.69) is 20.4 Å². The van der Waals surface area contributed by atoms with Gasteiger partial charge in [0.2, 0.25) is 0 Å². The molecule has 116 valence electrons. The van der Waals surface area contributed by atoms with Crippen molar-refractivity contribution in [3.05, 3.63) is 4.88 Å². The van der Waals surface area contributed by atoms with Crippen LogP contribution in [0.1, 0.15) is 23.0 Å². The van der Waals surface area contributed by atoms with Crippen molar-refractivity contribution in [3.63, 3.8) is 0 Å². The summed E-state index contributed by atoms with van der Waals surface area (Å²) >= 11 is 1.25. The molecule has 1 saturated heterocycles. The Bertz CT molecular complexity index is 533. The van der Waals surface area contributed by atoms with E-state index in [9.17, 15) is 9.59 Å². The maximum absolute atomic E-state index is 12.4. The SMILES string of the molecule is CCNc1nc(N)c(C(=O)N2CCC(NC(=O)OC)C2)s1. The zero-order valence-corrected chi connectivity index (χ0v) is 12.8. The summed E-state index contributed by atoms with van der Waals surface area (Å²) in [5.41, 5.74) is 5.80. The molecule has 1 aliphatic heterocycles.